The van der Waals surface area contributed by atoms with Crippen LogP contribution in [0.25, 0.3) is 0 Å². The molecule has 0 unspecified atom stereocenters. The van der Waals surface area contributed by atoms with Crippen LogP contribution in [-0.4, -0.2) is 15.8 Å². The van der Waals surface area contributed by atoms with Gasteiger partial charge in [-0.1, -0.05) is 25.4 Å². The second kappa shape index (κ2) is 4.92. The highest BCUT2D eigenvalue weighted by atomic mass is 35.5. The largest absolute Gasteiger partial charge is 0.380 e. The normalized spacial score (nSPS) is 19.8. The Labute approximate surface area is 112 Å². The number of hydrogen-bond donors (Lipinski definition) is 1. The van der Waals surface area contributed by atoms with Crippen molar-refractivity contribution in [3.05, 3.63) is 21.6 Å². The molecule has 1 aromatic heterocycles. The zero-order valence-electron chi connectivity index (χ0n) is 11.2. The van der Waals surface area contributed by atoms with Gasteiger partial charge in [0.1, 0.15) is 5.02 Å². The smallest absolute Gasteiger partial charge is 0.287 e. The van der Waals surface area contributed by atoms with Gasteiger partial charge in [-0.2, -0.15) is 5.10 Å². The second-order valence-electron chi connectivity index (χ2n) is 5.88. The third kappa shape index (κ3) is 2.86. The van der Waals surface area contributed by atoms with Crippen molar-refractivity contribution in [3.8, 4) is 0 Å². The van der Waals surface area contributed by atoms with E-state index in [9.17, 15) is 4.79 Å². The highest BCUT2D eigenvalue weighted by molar-refractivity contribution is 6.32. The maximum absolute atomic E-state index is 11.7. The topological polar surface area (TPSA) is 46.9 Å². The molecule has 1 aliphatic rings. The van der Waals surface area contributed by atoms with Crippen LogP contribution in [-0.2, 0) is 7.05 Å². The van der Waals surface area contributed by atoms with E-state index in [1.165, 1.54) is 17.5 Å². The molecule has 0 aliphatic heterocycles. The van der Waals surface area contributed by atoms with Crippen LogP contribution in [0.1, 0.15) is 39.5 Å². The van der Waals surface area contributed by atoms with E-state index in [2.05, 4.69) is 24.3 Å². The molecule has 1 saturated carbocycles. The number of hydrogen-bond acceptors (Lipinski definition) is 3. The molecule has 0 aromatic carbocycles. The molecule has 0 saturated heterocycles. The minimum Gasteiger partial charge on any atom is -0.380 e. The predicted molar refractivity (Wildman–Crippen MR) is 74.1 cm³/mol. The summed E-state index contributed by atoms with van der Waals surface area (Å²) in [6, 6.07) is 0.393. The lowest BCUT2D eigenvalue weighted by molar-refractivity contribution is 0.232. The van der Waals surface area contributed by atoms with Crippen molar-refractivity contribution in [2.75, 3.05) is 5.32 Å². The van der Waals surface area contributed by atoms with Crippen LogP contribution in [0.5, 0.6) is 0 Å². The fourth-order valence-corrected chi connectivity index (χ4v) is 2.60. The minimum atomic E-state index is -0.252. The molecule has 0 atom stereocenters. The van der Waals surface area contributed by atoms with Gasteiger partial charge in [0.25, 0.3) is 5.56 Å². The summed E-state index contributed by atoms with van der Waals surface area (Å²) < 4.78 is 1.25. The fraction of sp³-hybridized carbons (Fsp3) is 0.692. The van der Waals surface area contributed by atoms with Crippen LogP contribution in [0, 0.1) is 5.41 Å². The van der Waals surface area contributed by atoms with Gasteiger partial charge in [-0.05, 0) is 31.1 Å². The molecule has 18 heavy (non-hydrogen) atoms. The lowest BCUT2D eigenvalue weighted by Crippen LogP contribution is -2.31. The van der Waals surface area contributed by atoms with E-state index in [4.69, 9.17) is 11.6 Å². The summed E-state index contributed by atoms with van der Waals surface area (Å²) in [7, 11) is 1.60. The molecule has 2 rings (SSSR count). The van der Waals surface area contributed by atoms with Gasteiger partial charge in [0.15, 0.2) is 0 Å². The molecule has 0 amide bonds. The summed E-state index contributed by atoms with van der Waals surface area (Å²) in [5.41, 5.74) is 0.842. The number of aryl methyl sites for hydroxylation is 1. The van der Waals surface area contributed by atoms with Crippen LogP contribution in [0.3, 0.4) is 0 Å². The predicted octanol–water partition coefficient (Wildman–Crippen LogP) is 2.81. The maximum atomic E-state index is 11.7. The Morgan fingerprint density at radius 1 is 1.44 bits per heavy atom. The summed E-state index contributed by atoms with van der Waals surface area (Å²) in [5, 5.41) is 7.57. The van der Waals surface area contributed by atoms with E-state index in [-0.39, 0.29) is 10.6 Å². The van der Waals surface area contributed by atoms with Crippen molar-refractivity contribution in [1.82, 2.24) is 9.78 Å². The SMILES string of the molecule is Cn1ncc(NC2CCC(C)(C)CC2)c(Cl)c1=O. The standard InChI is InChI=1S/C13H20ClN3O/c1-13(2)6-4-9(5-7-13)16-10-8-15-17(3)12(18)11(10)14/h8-9,16H,4-7H2,1-3H3. The molecule has 0 bridgehead atoms. The first-order valence-electron chi connectivity index (χ1n) is 6.37. The van der Waals surface area contributed by atoms with Crippen molar-refractivity contribution in [3.63, 3.8) is 0 Å². The summed E-state index contributed by atoms with van der Waals surface area (Å²) in [6.45, 7) is 4.60. The first-order chi connectivity index (χ1) is 8.39. The number of anilines is 1. The molecule has 0 spiro atoms. The van der Waals surface area contributed by atoms with Gasteiger partial charge in [0.05, 0.1) is 11.9 Å². The molecule has 5 heteroatoms. The quantitative estimate of drug-likeness (QED) is 0.898. The molecule has 100 valence electrons. The highest BCUT2D eigenvalue weighted by Crippen LogP contribution is 2.36. The van der Waals surface area contributed by atoms with Crippen LogP contribution >= 0.6 is 11.6 Å². The van der Waals surface area contributed by atoms with E-state index in [1.54, 1.807) is 13.2 Å². The van der Waals surface area contributed by atoms with Gasteiger partial charge in [-0.3, -0.25) is 4.79 Å². The summed E-state index contributed by atoms with van der Waals surface area (Å²) >= 11 is 6.04. The van der Waals surface area contributed by atoms with Crippen LogP contribution in [0.15, 0.2) is 11.0 Å². The Morgan fingerprint density at radius 2 is 2.06 bits per heavy atom. The zero-order valence-corrected chi connectivity index (χ0v) is 11.9. The third-order valence-corrected chi connectivity index (χ3v) is 4.14. The Morgan fingerprint density at radius 3 is 2.67 bits per heavy atom. The Balaban J connectivity index is 2.07. The van der Waals surface area contributed by atoms with E-state index < -0.39 is 0 Å². The molecule has 0 radical (unpaired) electrons. The van der Waals surface area contributed by atoms with Crippen molar-refractivity contribution >= 4 is 17.3 Å². The number of nitrogens with one attached hydrogen (secondary N) is 1. The first-order valence-corrected chi connectivity index (χ1v) is 6.75. The number of nitrogens with zero attached hydrogens (tertiary/aromatic N) is 2. The van der Waals surface area contributed by atoms with Crippen molar-refractivity contribution in [1.29, 1.82) is 0 Å². The van der Waals surface area contributed by atoms with Gasteiger partial charge >= 0.3 is 0 Å². The van der Waals surface area contributed by atoms with Gasteiger partial charge in [0.2, 0.25) is 0 Å². The third-order valence-electron chi connectivity index (χ3n) is 3.78. The van der Waals surface area contributed by atoms with Crippen LogP contribution in [0.4, 0.5) is 5.69 Å². The number of aromatic nitrogens is 2. The zero-order chi connectivity index (χ0) is 13.3. The average molecular weight is 270 g/mol. The van der Waals surface area contributed by atoms with E-state index in [0.29, 0.717) is 17.1 Å². The molecular weight excluding hydrogens is 250 g/mol. The highest BCUT2D eigenvalue weighted by Gasteiger charge is 2.27. The lowest BCUT2D eigenvalue weighted by atomic mass is 9.75. The molecule has 1 aromatic rings. The Kier molecular flexibility index (Phi) is 3.66. The lowest BCUT2D eigenvalue weighted by Gasteiger charge is -2.35. The number of rotatable bonds is 2. The van der Waals surface area contributed by atoms with E-state index in [1.807, 2.05) is 0 Å². The second-order valence-corrected chi connectivity index (χ2v) is 6.26. The first kappa shape index (κ1) is 13.4. The van der Waals surface area contributed by atoms with E-state index >= 15 is 0 Å². The minimum absolute atomic E-state index is 0.234. The molecule has 1 heterocycles. The van der Waals surface area contributed by atoms with Crippen LogP contribution in [0.2, 0.25) is 5.02 Å². The molecule has 1 fully saturated rings. The Bertz CT molecular complexity index is 485. The fourth-order valence-electron chi connectivity index (χ4n) is 2.37. The van der Waals surface area contributed by atoms with Crippen molar-refractivity contribution in [2.45, 2.75) is 45.6 Å². The van der Waals surface area contributed by atoms with Gasteiger partial charge in [0, 0.05) is 13.1 Å². The van der Waals surface area contributed by atoms with Crippen LogP contribution < -0.4 is 10.9 Å². The summed E-state index contributed by atoms with van der Waals surface area (Å²) in [4.78, 5) is 11.7. The molecular formula is C13H20ClN3O. The van der Waals surface area contributed by atoms with Crippen molar-refractivity contribution < 1.29 is 0 Å². The summed E-state index contributed by atoms with van der Waals surface area (Å²) in [6.07, 6.45) is 6.24. The monoisotopic (exact) mass is 269 g/mol. The van der Waals surface area contributed by atoms with E-state index in [0.717, 1.165) is 12.8 Å². The van der Waals surface area contributed by atoms with Gasteiger partial charge < -0.3 is 5.32 Å². The molecule has 1 aliphatic carbocycles. The Hall–Kier alpha value is -1.03. The average Bonchev–Trinajstić information content (AvgIpc) is 2.32. The molecule has 1 N–H and O–H groups in total. The maximum Gasteiger partial charge on any atom is 0.287 e. The molecule has 4 nitrogen and oxygen atoms in total. The number of halogens is 1. The summed E-state index contributed by atoms with van der Waals surface area (Å²) in [5.74, 6) is 0. The van der Waals surface area contributed by atoms with Gasteiger partial charge in [-0.15, -0.1) is 0 Å². The van der Waals surface area contributed by atoms with Gasteiger partial charge in [-0.25, -0.2) is 4.68 Å². The van der Waals surface area contributed by atoms with Crippen molar-refractivity contribution in [2.24, 2.45) is 12.5 Å².